The van der Waals surface area contributed by atoms with Crippen LogP contribution < -0.4 is 24.4 Å². The Kier molecular flexibility index (Phi) is 7.03. The summed E-state index contributed by atoms with van der Waals surface area (Å²) in [5.74, 6) is 2.62. The Morgan fingerprint density at radius 3 is 2.42 bits per heavy atom. The average Bonchev–Trinajstić information content (AvgIpc) is 2.81. The van der Waals surface area contributed by atoms with E-state index >= 15 is 0 Å². The Morgan fingerprint density at radius 1 is 1.00 bits per heavy atom. The van der Waals surface area contributed by atoms with Crippen molar-refractivity contribution < 1.29 is 19.0 Å². The Bertz CT molecular complexity index is 1260. The van der Waals surface area contributed by atoms with Crippen LogP contribution in [0.15, 0.2) is 42.6 Å². The summed E-state index contributed by atoms with van der Waals surface area (Å²) < 4.78 is 17.2. The van der Waals surface area contributed by atoms with Gasteiger partial charge < -0.3 is 19.5 Å². The summed E-state index contributed by atoms with van der Waals surface area (Å²) >= 11 is 0. The third-order valence-electron chi connectivity index (χ3n) is 6.27. The highest BCUT2D eigenvalue weighted by Crippen LogP contribution is 2.38. The van der Waals surface area contributed by atoms with E-state index < -0.39 is 0 Å². The fraction of sp³-hybridized carbons (Fsp3) is 0.448. The minimum atomic E-state index is -0.303. The maximum absolute atomic E-state index is 13.3. The highest BCUT2D eigenvalue weighted by atomic mass is 16.5. The molecule has 0 atom stereocenters. The van der Waals surface area contributed by atoms with Gasteiger partial charge in [-0.15, -0.1) is 0 Å². The zero-order valence-corrected chi connectivity index (χ0v) is 22.4. The number of carbonyl (C=O) groups is 1. The Labute approximate surface area is 213 Å². The van der Waals surface area contributed by atoms with Crippen LogP contribution in [-0.4, -0.2) is 37.3 Å². The van der Waals surface area contributed by atoms with Crippen molar-refractivity contribution in [1.29, 1.82) is 0 Å². The molecule has 3 aromatic rings. The van der Waals surface area contributed by atoms with Crippen LogP contribution in [0.5, 0.6) is 23.0 Å². The Hall–Kier alpha value is -3.48. The number of fused-ring (bicyclic) bond motifs is 2. The van der Waals surface area contributed by atoms with Crippen molar-refractivity contribution in [3.63, 3.8) is 0 Å². The van der Waals surface area contributed by atoms with Crippen molar-refractivity contribution in [3.8, 4) is 23.0 Å². The summed E-state index contributed by atoms with van der Waals surface area (Å²) in [6.07, 6.45) is 4.39. The van der Waals surface area contributed by atoms with Gasteiger partial charge in [-0.3, -0.25) is 9.88 Å². The quantitative estimate of drug-likeness (QED) is 0.414. The van der Waals surface area contributed by atoms with E-state index in [0.29, 0.717) is 29.5 Å². The van der Waals surface area contributed by atoms with Gasteiger partial charge in [0, 0.05) is 35.4 Å². The molecular weight excluding hydrogens is 454 g/mol. The van der Waals surface area contributed by atoms with Gasteiger partial charge in [0.15, 0.2) is 11.5 Å². The maximum atomic E-state index is 13.3. The number of amides is 2. The van der Waals surface area contributed by atoms with Crippen LogP contribution in [-0.2, 0) is 6.42 Å². The summed E-state index contributed by atoms with van der Waals surface area (Å²) in [7, 11) is 3.21. The molecule has 2 heterocycles. The van der Waals surface area contributed by atoms with Gasteiger partial charge in [-0.2, -0.15) is 0 Å². The molecule has 1 aliphatic heterocycles. The summed E-state index contributed by atoms with van der Waals surface area (Å²) in [6.45, 7) is 11.4. The van der Waals surface area contributed by atoms with Crippen molar-refractivity contribution in [2.45, 2.75) is 59.4 Å². The fourth-order valence-electron chi connectivity index (χ4n) is 5.24. The topological polar surface area (TPSA) is 72.9 Å². The van der Waals surface area contributed by atoms with E-state index in [-0.39, 0.29) is 17.0 Å². The van der Waals surface area contributed by atoms with E-state index in [1.165, 1.54) is 0 Å². The number of pyridine rings is 1. The first-order valence-corrected chi connectivity index (χ1v) is 12.4. The van der Waals surface area contributed by atoms with Crippen molar-refractivity contribution in [2.24, 2.45) is 5.41 Å². The lowest BCUT2D eigenvalue weighted by atomic mass is 9.82. The number of carbonyl (C=O) groups excluding carboxylic acids is 1. The number of methoxy groups -OCH3 is 2. The highest BCUT2D eigenvalue weighted by Gasteiger charge is 2.31. The van der Waals surface area contributed by atoms with E-state index in [9.17, 15) is 4.79 Å². The van der Waals surface area contributed by atoms with E-state index in [2.05, 4.69) is 44.9 Å². The molecule has 0 radical (unpaired) electrons. The van der Waals surface area contributed by atoms with Crippen LogP contribution in [0.25, 0.3) is 10.9 Å². The van der Waals surface area contributed by atoms with Crippen molar-refractivity contribution >= 4 is 22.6 Å². The van der Waals surface area contributed by atoms with Crippen LogP contribution in [0.4, 0.5) is 10.5 Å². The molecule has 1 aromatic heterocycles. The predicted molar refractivity (Wildman–Crippen MR) is 144 cm³/mol. The van der Waals surface area contributed by atoms with Gasteiger partial charge in [-0.05, 0) is 74.4 Å². The van der Waals surface area contributed by atoms with E-state index in [1.54, 1.807) is 20.4 Å². The molecular formula is C29H37N3O4. The average molecular weight is 492 g/mol. The molecule has 0 spiro atoms. The van der Waals surface area contributed by atoms with Crippen molar-refractivity contribution in [2.75, 3.05) is 25.7 Å². The number of anilines is 1. The van der Waals surface area contributed by atoms with Gasteiger partial charge in [0.2, 0.25) is 0 Å². The van der Waals surface area contributed by atoms with Crippen LogP contribution in [0, 0.1) is 5.41 Å². The van der Waals surface area contributed by atoms with Crippen LogP contribution in [0.3, 0.4) is 0 Å². The van der Waals surface area contributed by atoms with Gasteiger partial charge in [0.25, 0.3) is 0 Å². The molecule has 7 nitrogen and oxygen atoms in total. The Morgan fingerprint density at radius 2 is 1.72 bits per heavy atom. The molecule has 0 fully saturated rings. The number of aromatic nitrogens is 1. The molecule has 4 rings (SSSR count). The zero-order valence-electron chi connectivity index (χ0n) is 22.4. The first-order valence-electron chi connectivity index (χ1n) is 12.4. The Balaban J connectivity index is 1.58. The molecule has 1 N–H and O–H groups in total. The molecule has 1 aliphatic rings. The number of aryl methyl sites for hydroxylation is 1. The first-order chi connectivity index (χ1) is 17.0. The molecule has 2 aromatic carbocycles. The van der Waals surface area contributed by atoms with Crippen LogP contribution in [0.1, 0.15) is 53.0 Å². The fourth-order valence-corrected chi connectivity index (χ4v) is 5.24. The molecule has 2 amide bonds. The predicted octanol–water partition coefficient (Wildman–Crippen LogP) is 6.72. The highest BCUT2D eigenvalue weighted by molar-refractivity contribution is 5.94. The molecule has 0 bridgehead atoms. The van der Waals surface area contributed by atoms with Gasteiger partial charge in [0.1, 0.15) is 11.5 Å². The van der Waals surface area contributed by atoms with E-state index in [1.807, 2.05) is 41.3 Å². The summed E-state index contributed by atoms with van der Waals surface area (Å²) in [6, 6.07) is 11.4. The second-order valence-corrected chi connectivity index (χ2v) is 11.2. The maximum Gasteiger partial charge on any atom is 0.322 e. The van der Waals surface area contributed by atoms with Crippen molar-refractivity contribution in [1.82, 2.24) is 10.3 Å². The SMILES string of the molecule is COc1cc2nccc(Oc3ccc4c(c3)CCCN4C(=O)NC(C)(C)CC(C)(C)C)c2cc1OC. The number of nitrogens with zero attached hydrogens (tertiary/aromatic N) is 2. The summed E-state index contributed by atoms with van der Waals surface area (Å²) in [5, 5.41) is 4.07. The van der Waals surface area contributed by atoms with Crippen LogP contribution in [0.2, 0.25) is 0 Å². The summed E-state index contributed by atoms with van der Waals surface area (Å²) in [4.78, 5) is 19.6. The van der Waals surface area contributed by atoms with Gasteiger partial charge >= 0.3 is 6.03 Å². The number of nitrogens with one attached hydrogen (secondary N) is 1. The number of hydrogen-bond donors (Lipinski definition) is 1. The third-order valence-corrected chi connectivity index (χ3v) is 6.27. The largest absolute Gasteiger partial charge is 0.493 e. The second-order valence-electron chi connectivity index (χ2n) is 11.2. The monoisotopic (exact) mass is 491 g/mol. The smallest absolute Gasteiger partial charge is 0.322 e. The van der Waals surface area contributed by atoms with Crippen molar-refractivity contribution in [3.05, 3.63) is 48.2 Å². The normalized spacial score (nSPS) is 13.8. The number of ether oxygens (including phenoxy) is 3. The van der Waals surface area contributed by atoms with Gasteiger partial charge in [-0.25, -0.2) is 4.79 Å². The molecule has 7 heteroatoms. The second kappa shape index (κ2) is 9.88. The number of benzene rings is 2. The van der Waals surface area contributed by atoms with Gasteiger partial charge in [0.05, 0.1) is 19.7 Å². The first kappa shape index (κ1) is 25.6. The lowest BCUT2D eigenvalue weighted by Crippen LogP contribution is -2.52. The summed E-state index contributed by atoms with van der Waals surface area (Å²) in [5.41, 5.74) is 2.60. The molecule has 0 saturated heterocycles. The standard InChI is InChI=1S/C29H37N3O4/c1-28(2,3)18-29(4,5)31-27(33)32-14-8-9-19-15-20(10-11-23(19)32)36-24-12-13-30-22-17-26(35-7)25(34-6)16-21(22)24/h10-13,15-17H,8-9,14,18H2,1-7H3,(H,31,33). The van der Waals surface area contributed by atoms with E-state index in [0.717, 1.165) is 41.4 Å². The minimum absolute atomic E-state index is 0.0555. The number of rotatable bonds is 6. The molecule has 0 saturated carbocycles. The number of urea groups is 1. The van der Waals surface area contributed by atoms with Crippen LogP contribution >= 0.6 is 0 Å². The lowest BCUT2D eigenvalue weighted by Gasteiger charge is -2.37. The number of hydrogen-bond acceptors (Lipinski definition) is 5. The third kappa shape index (κ3) is 5.66. The van der Waals surface area contributed by atoms with E-state index in [4.69, 9.17) is 14.2 Å². The zero-order chi connectivity index (χ0) is 26.1. The molecule has 0 unspecified atom stereocenters. The minimum Gasteiger partial charge on any atom is -0.493 e. The molecule has 192 valence electrons. The molecule has 0 aliphatic carbocycles. The van der Waals surface area contributed by atoms with Gasteiger partial charge in [-0.1, -0.05) is 20.8 Å². The molecule has 36 heavy (non-hydrogen) atoms. The lowest BCUT2D eigenvalue weighted by molar-refractivity contribution is 0.215.